The van der Waals surface area contributed by atoms with Gasteiger partial charge in [0.15, 0.2) is 11.5 Å². The lowest BCUT2D eigenvalue weighted by atomic mass is 10.1. The Morgan fingerprint density at radius 3 is 2.63 bits per heavy atom. The molecule has 0 bridgehead atoms. The molecule has 0 aliphatic carbocycles. The molecule has 0 atom stereocenters. The molecule has 8 nitrogen and oxygen atoms in total. The Morgan fingerprint density at radius 1 is 1.03 bits per heavy atom. The molecule has 3 aromatic rings. The predicted molar refractivity (Wildman–Crippen MR) is 126 cm³/mol. The Labute approximate surface area is 207 Å². The van der Waals surface area contributed by atoms with E-state index in [1.807, 2.05) is 0 Å². The number of barbiturate groups is 1. The van der Waals surface area contributed by atoms with Crippen LogP contribution in [-0.4, -0.2) is 24.6 Å². The van der Waals surface area contributed by atoms with Crippen LogP contribution in [0, 0.1) is 5.82 Å². The van der Waals surface area contributed by atoms with Crippen LogP contribution in [0.25, 0.3) is 6.08 Å². The highest BCUT2D eigenvalue weighted by Gasteiger charge is 2.37. The van der Waals surface area contributed by atoms with Gasteiger partial charge in [0.1, 0.15) is 23.7 Å². The average molecular weight is 539 g/mol. The van der Waals surface area contributed by atoms with Gasteiger partial charge in [0, 0.05) is 11.6 Å². The molecule has 2 aliphatic heterocycles. The summed E-state index contributed by atoms with van der Waals surface area (Å²) in [5.41, 5.74) is 0.916. The number of amides is 4. The van der Waals surface area contributed by atoms with Gasteiger partial charge in [0.25, 0.3) is 11.8 Å². The summed E-state index contributed by atoms with van der Waals surface area (Å²) in [6.07, 6.45) is 1.37. The van der Waals surface area contributed by atoms with E-state index < -0.39 is 17.8 Å². The number of imide groups is 2. The number of urea groups is 1. The summed E-state index contributed by atoms with van der Waals surface area (Å²) in [5, 5.41) is 2.18. The van der Waals surface area contributed by atoms with Crippen molar-refractivity contribution in [1.29, 1.82) is 0 Å². The van der Waals surface area contributed by atoms with Crippen molar-refractivity contribution in [1.82, 2.24) is 5.32 Å². The van der Waals surface area contributed by atoms with Gasteiger partial charge < -0.3 is 14.2 Å². The molecule has 5 rings (SSSR count). The second-order valence-corrected chi connectivity index (χ2v) is 8.42. The van der Waals surface area contributed by atoms with Gasteiger partial charge in [-0.1, -0.05) is 24.3 Å². The van der Waals surface area contributed by atoms with E-state index in [2.05, 4.69) is 21.2 Å². The number of hydrogen-bond donors (Lipinski definition) is 1. The van der Waals surface area contributed by atoms with Crippen LogP contribution in [0.4, 0.5) is 14.9 Å². The fourth-order valence-electron chi connectivity index (χ4n) is 3.58. The van der Waals surface area contributed by atoms with E-state index in [0.717, 1.165) is 4.90 Å². The monoisotopic (exact) mass is 538 g/mol. The number of benzene rings is 3. The molecule has 0 spiro atoms. The van der Waals surface area contributed by atoms with Crippen molar-refractivity contribution in [3.63, 3.8) is 0 Å². The second kappa shape index (κ2) is 9.22. The highest BCUT2D eigenvalue weighted by atomic mass is 79.9. The van der Waals surface area contributed by atoms with E-state index in [0.29, 0.717) is 32.8 Å². The first kappa shape index (κ1) is 22.6. The third-order valence-corrected chi connectivity index (χ3v) is 5.94. The molecule has 0 unspecified atom stereocenters. The first-order chi connectivity index (χ1) is 16.9. The van der Waals surface area contributed by atoms with Crippen molar-refractivity contribution in [3.05, 3.63) is 87.7 Å². The van der Waals surface area contributed by atoms with Gasteiger partial charge in [0.2, 0.25) is 6.79 Å². The van der Waals surface area contributed by atoms with Crippen LogP contribution in [0.1, 0.15) is 11.1 Å². The number of ether oxygens (including phenoxy) is 3. The summed E-state index contributed by atoms with van der Waals surface area (Å²) in [7, 11) is 0. The van der Waals surface area contributed by atoms with Crippen LogP contribution in [0.15, 0.2) is 70.7 Å². The van der Waals surface area contributed by atoms with Gasteiger partial charge in [-0.05, 0) is 57.9 Å². The van der Waals surface area contributed by atoms with Gasteiger partial charge in [-0.3, -0.25) is 14.9 Å². The standard InChI is InChI=1S/C25H16BrFN2O6/c26-18-10-14(5-7-20(18)33-12-15-3-1-2-4-19(15)27)9-17-23(30)28-25(32)29(24(17)31)16-6-8-21-22(11-16)35-13-34-21/h1-11H,12-13H2,(H,28,30,32)/b17-9+. The molecule has 0 radical (unpaired) electrons. The maximum atomic E-state index is 13.8. The molecule has 10 heteroatoms. The number of nitrogens with zero attached hydrogens (tertiary/aromatic N) is 1. The molecular formula is C25H16BrFN2O6. The molecule has 0 aromatic heterocycles. The lowest BCUT2D eigenvalue weighted by Gasteiger charge is -2.26. The van der Waals surface area contributed by atoms with Crippen molar-refractivity contribution < 1.29 is 33.0 Å². The zero-order chi connectivity index (χ0) is 24.5. The molecule has 0 saturated carbocycles. The Morgan fingerprint density at radius 2 is 1.83 bits per heavy atom. The normalized spacial score (nSPS) is 16.0. The second-order valence-electron chi connectivity index (χ2n) is 7.57. The number of hydrogen-bond acceptors (Lipinski definition) is 6. The van der Waals surface area contributed by atoms with E-state index in [4.69, 9.17) is 14.2 Å². The summed E-state index contributed by atoms with van der Waals surface area (Å²) in [6.45, 7) is 0.0661. The van der Waals surface area contributed by atoms with Crippen LogP contribution in [-0.2, 0) is 16.2 Å². The Bertz CT molecular complexity index is 1410. The minimum atomic E-state index is -0.867. The molecular weight excluding hydrogens is 523 g/mol. The number of rotatable bonds is 5. The topological polar surface area (TPSA) is 94.2 Å². The summed E-state index contributed by atoms with van der Waals surface area (Å²) in [6, 6.07) is 14.9. The summed E-state index contributed by atoms with van der Waals surface area (Å²) in [4.78, 5) is 38.9. The molecule has 35 heavy (non-hydrogen) atoms. The SMILES string of the molecule is O=C1NC(=O)N(c2ccc3c(c2)OCO3)C(=O)/C1=C/c1ccc(OCc2ccccc2F)c(Br)c1. The third kappa shape index (κ3) is 4.47. The van der Waals surface area contributed by atoms with Gasteiger partial charge in [-0.25, -0.2) is 14.1 Å². The van der Waals surface area contributed by atoms with Crippen molar-refractivity contribution >= 4 is 45.5 Å². The van der Waals surface area contributed by atoms with Crippen LogP contribution < -0.4 is 24.4 Å². The molecule has 1 fully saturated rings. The number of nitrogens with one attached hydrogen (secondary N) is 1. The van der Waals surface area contributed by atoms with E-state index >= 15 is 0 Å². The van der Waals surface area contributed by atoms with E-state index in [1.165, 1.54) is 24.3 Å². The average Bonchev–Trinajstić information content (AvgIpc) is 3.30. The largest absolute Gasteiger partial charge is 0.488 e. The van der Waals surface area contributed by atoms with Gasteiger partial charge in [0.05, 0.1) is 10.2 Å². The van der Waals surface area contributed by atoms with Gasteiger partial charge >= 0.3 is 6.03 Å². The molecule has 2 aliphatic rings. The zero-order valence-corrected chi connectivity index (χ0v) is 19.5. The van der Waals surface area contributed by atoms with Crippen molar-refractivity contribution in [2.24, 2.45) is 0 Å². The van der Waals surface area contributed by atoms with Gasteiger partial charge in [-0.15, -0.1) is 0 Å². The third-order valence-electron chi connectivity index (χ3n) is 5.32. The Balaban J connectivity index is 1.38. The lowest BCUT2D eigenvalue weighted by molar-refractivity contribution is -0.122. The first-order valence-corrected chi connectivity index (χ1v) is 11.2. The van der Waals surface area contributed by atoms with Crippen LogP contribution in [0.5, 0.6) is 17.2 Å². The predicted octanol–water partition coefficient (Wildman–Crippen LogP) is 4.56. The minimum Gasteiger partial charge on any atom is -0.488 e. The molecule has 3 aromatic carbocycles. The number of anilines is 1. The van der Waals surface area contributed by atoms with Crippen molar-refractivity contribution in [3.8, 4) is 17.2 Å². The molecule has 1 N–H and O–H groups in total. The van der Waals surface area contributed by atoms with Crippen molar-refractivity contribution in [2.75, 3.05) is 11.7 Å². The maximum absolute atomic E-state index is 13.8. The lowest BCUT2D eigenvalue weighted by Crippen LogP contribution is -2.54. The highest BCUT2D eigenvalue weighted by molar-refractivity contribution is 9.10. The van der Waals surface area contributed by atoms with Gasteiger partial charge in [-0.2, -0.15) is 0 Å². The van der Waals surface area contributed by atoms with Crippen LogP contribution in [0.2, 0.25) is 0 Å². The molecule has 4 amide bonds. The Kier molecular flexibility index (Phi) is 5.96. The van der Waals surface area contributed by atoms with E-state index in [1.54, 1.807) is 42.5 Å². The minimum absolute atomic E-state index is 0.0270. The number of fused-ring (bicyclic) bond motifs is 1. The molecule has 1 saturated heterocycles. The van der Waals surface area contributed by atoms with Crippen molar-refractivity contribution in [2.45, 2.75) is 6.61 Å². The zero-order valence-electron chi connectivity index (χ0n) is 17.9. The highest BCUT2D eigenvalue weighted by Crippen LogP contribution is 2.36. The number of halogens is 2. The smallest absolute Gasteiger partial charge is 0.335 e. The molecule has 2 heterocycles. The maximum Gasteiger partial charge on any atom is 0.335 e. The summed E-state index contributed by atoms with van der Waals surface area (Å²) >= 11 is 3.40. The number of carbonyl (C=O) groups is 3. The fourth-order valence-corrected chi connectivity index (χ4v) is 4.09. The van der Waals surface area contributed by atoms with Crippen LogP contribution in [0.3, 0.4) is 0 Å². The number of carbonyl (C=O) groups excluding carboxylic acids is 3. The quantitative estimate of drug-likeness (QED) is 0.378. The fraction of sp³-hybridized carbons (Fsp3) is 0.0800. The van der Waals surface area contributed by atoms with E-state index in [9.17, 15) is 18.8 Å². The summed E-state index contributed by atoms with van der Waals surface area (Å²) < 4.78 is 30.6. The first-order valence-electron chi connectivity index (χ1n) is 10.4. The Hall–Kier alpha value is -4.18. The summed E-state index contributed by atoms with van der Waals surface area (Å²) in [5.74, 6) is -0.630. The van der Waals surface area contributed by atoms with Crippen LogP contribution >= 0.6 is 15.9 Å². The van der Waals surface area contributed by atoms with E-state index in [-0.39, 0.29) is 30.5 Å². The molecule has 176 valence electrons.